The smallest absolute Gasteiger partial charge is 0.313 e. The van der Waals surface area contributed by atoms with Crippen LogP contribution in [0.5, 0.6) is 0 Å². The average Bonchev–Trinajstić information content (AvgIpc) is 2.73. The lowest BCUT2D eigenvalue weighted by atomic mass is 10.3. The molecule has 1 aromatic carbocycles. The number of halogens is 3. The number of hydrogen-bond acceptors (Lipinski definition) is 5. The van der Waals surface area contributed by atoms with Crippen LogP contribution in [-0.4, -0.2) is 31.6 Å². The molecule has 20 heavy (non-hydrogen) atoms. The van der Waals surface area contributed by atoms with Crippen molar-refractivity contribution in [1.82, 2.24) is 14.8 Å². The van der Waals surface area contributed by atoms with Crippen molar-refractivity contribution in [3.63, 3.8) is 0 Å². The number of carbonyl (C=O) groups is 1. The lowest BCUT2D eigenvalue weighted by Gasteiger charge is -2.09. The van der Waals surface area contributed by atoms with E-state index in [1.807, 2.05) is 0 Å². The number of thioether (sulfide) groups is 1. The number of nitrogen functional groups attached to an aromatic ring is 1. The third-order valence-electron chi connectivity index (χ3n) is 2.21. The lowest BCUT2D eigenvalue weighted by molar-refractivity contribution is -0.133. The third-order valence-corrected chi connectivity index (χ3v) is 3.74. The third kappa shape index (κ3) is 2.90. The Hall–Kier alpha value is -1.68. The van der Waals surface area contributed by atoms with Crippen molar-refractivity contribution < 1.29 is 18.7 Å². The number of carboxylic acid groups (broad SMARTS) is 1. The minimum absolute atomic E-state index is 0.0381. The van der Waals surface area contributed by atoms with Crippen molar-refractivity contribution in [1.29, 1.82) is 0 Å². The van der Waals surface area contributed by atoms with E-state index in [2.05, 4.69) is 26.1 Å². The first-order chi connectivity index (χ1) is 9.40. The second-order valence-corrected chi connectivity index (χ2v) is 5.37. The topological polar surface area (TPSA) is 94.0 Å². The molecule has 1 heterocycles. The quantitative estimate of drug-likeness (QED) is 0.637. The normalized spacial score (nSPS) is 10.8. The second kappa shape index (κ2) is 5.75. The van der Waals surface area contributed by atoms with Crippen LogP contribution < -0.4 is 5.73 Å². The highest BCUT2D eigenvalue weighted by atomic mass is 79.9. The molecule has 2 rings (SSSR count). The van der Waals surface area contributed by atoms with Crippen LogP contribution in [0.1, 0.15) is 0 Å². The van der Waals surface area contributed by atoms with Crippen molar-refractivity contribution >= 4 is 39.6 Å². The van der Waals surface area contributed by atoms with Crippen molar-refractivity contribution in [3.05, 3.63) is 28.2 Å². The van der Waals surface area contributed by atoms with E-state index in [0.717, 1.165) is 16.3 Å². The Labute approximate surface area is 124 Å². The largest absolute Gasteiger partial charge is 0.481 e. The number of benzene rings is 1. The molecule has 0 aliphatic carbocycles. The number of carboxylic acids is 1. The highest BCUT2D eigenvalue weighted by Crippen LogP contribution is 2.28. The first kappa shape index (κ1) is 14.7. The van der Waals surface area contributed by atoms with Gasteiger partial charge in [0.15, 0.2) is 5.16 Å². The minimum Gasteiger partial charge on any atom is -0.481 e. The van der Waals surface area contributed by atoms with Gasteiger partial charge in [0, 0.05) is 6.07 Å². The Balaban J connectivity index is 2.49. The predicted octanol–water partition coefficient (Wildman–Crippen LogP) is 2.07. The fourth-order valence-electron chi connectivity index (χ4n) is 1.41. The molecule has 0 aliphatic heterocycles. The number of aliphatic carboxylic acids is 1. The van der Waals surface area contributed by atoms with Crippen LogP contribution >= 0.6 is 27.7 Å². The molecule has 0 saturated carbocycles. The summed E-state index contributed by atoms with van der Waals surface area (Å²) < 4.78 is 28.2. The Morgan fingerprint density at radius 3 is 2.75 bits per heavy atom. The monoisotopic (exact) mass is 364 g/mol. The van der Waals surface area contributed by atoms with Crippen LogP contribution in [0, 0.1) is 11.6 Å². The van der Waals surface area contributed by atoms with Crippen molar-refractivity contribution in [2.75, 3.05) is 11.5 Å². The predicted molar refractivity (Wildman–Crippen MR) is 71.7 cm³/mol. The molecule has 0 aliphatic rings. The zero-order chi connectivity index (χ0) is 14.9. The molecule has 0 spiro atoms. The molecule has 106 valence electrons. The van der Waals surface area contributed by atoms with Gasteiger partial charge in [-0.05, 0) is 22.0 Å². The van der Waals surface area contributed by atoms with E-state index in [1.165, 1.54) is 6.07 Å². The van der Waals surface area contributed by atoms with Gasteiger partial charge in [-0.15, -0.1) is 10.2 Å². The van der Waals surface area contributed by atoms with Crippen molar-refractivity contribution in [2.24, 2.45) is 0 Å². The van der Waals surface area contributed by atoms with Crippen LogP contribution in [0.15, 0.2) is 21.8 Å². The van der Waals surface area contributed by atoms with Crippen LogP contribution in [-0.2, 0) is 4.79 Å². The Morgan fingerprint density at radius 2 is 2.10 bits per heavy atom. The van der Waals surface area contributed by atoms with Crippen LogP contribution in [0.3, 0.4) is 0 Å². The van der Waals surface area contributed by atoms with Crippen molar-refractivity contribution in [2.45, 2.75) is 5.16 Å². The van der Waals surface area contributed by atoms with E-state index in [4.69, 9.17) is 10.8 Å². The maximum atomic E-state index is 13.8. The first-order valence-corrected chi connectivity index (χ1v) is 6.88. The molecule has 0 bridgehead atoms. The fraction of sp³-hybridized carbons (Fsp3) is 0.100. The molecular formula is C10H7BrF2N4O2S. The van der Waals surface area contributed by atoms with E-state index in [-0.39, 0.29) is 27.0 Å². The summed E-state index contributed by atoms with van der Waals surface area (Å²) in [5, 5.41) is 16.0. The van der Waals surface area contributed by atoms with E-state index >= 15 is 0 Å². The Bertz CT molecular complexity index is 680. The molecule has 1 aromatic heterocycles. The van der Waals surface area contributed by atoms with E-state index in [9.17, 15) is 13.6 Å². The summed E-state index contributed by atoms with van der Waals surface area (Å²) in [4.78, 5) is 10.6. The summed E-state index contributed by atoms with van der Waals surface area (Å²) in [5.74, 6) is -3.12. The Morgan fingerprint density at radius 1 is 1.40 bits per heavy atom. The lowest BCUT2D eigenvalue weighted by Crippen LogP contribution is -2.06. The molecule has 0 unspecified atom stereocenters. The Kier molecular flexibility index (Phi) is 4.23. The molecule has 0 saturated heterocycles. The summed E-state index contributed by atoms with van der Waals surface area (Å²) in [6.45, 7) is 0. The maximum absolute atomic E-state index is 13.8. The number of rotatable bonds is 4. The number of hydrogen-bond donors (Lipinski definition) is 2. The van der Waals surface area contributed by atoms with Gasteiger partial charge in [0.25, 0.3) is 0 Å². The summed E-state index contributed by atoms with van der Waals surface area (Å²) in [5.41, 5.74) is 5.51. The molecular weight excluding hydrogens is 358 g/mol. The van der Waals surface area contributed by atoms with E-state index in [0.29, 0.717) is 6.07 Å². The van der Waals surface area contributed by atoms with Gasteiger partial charge < -0.3 is 10.8 Å². The van der Waals surface area contributed by atoms with Gasteiger partial charge in [-0.2, -0.15) is 0 Å². The summed E-state index contributed by atoms with van der Waals surface area (Å²) in [7, 11) is 0. The molecule has 0 amide bonds. The van der Waals surface area contributed by atoms with Gasteiger partial charge in [-0.3, -0.25) is 9.36 Å². The summed E-state index contributed by atoms with van der Waals surface area (Å²) in [6, 6.07) is 1.86. The minimum atomic E-state index is -1.07. The zero-order valence-corrected chi connectivity index (χ0v) is 12.1. The number of aromatic nitrogens is 3. The molecule has 0 radical (unpaired) electrons. The van der Waals surface area contributed by atoms with Gasteiger partial charge in [-0.1, -0.05) is 11.8 Å². The molecule has 3 N–H and O–H groups in total. The highest BCUT2D eigenvalue weighted by Gasteiger charge is 2.18. The first-order valence-electron chi connectivity index (χ1n) is 5.10. The van der Waals surface area contributed by atoms with Gasteiger partial charge in [0.05, 0.1) is 15.9 Å². The van der Waals surface area contributed by atoms with Crippen LogP contribution in [0.2, 0.25) is 0 Å². The van der Waals surface area contributed by atoms with E-state index < -0.39 is 17.6 Å². The molecule has 2 aromatic rings. The summed E-state index contributed by atoms with van der Waals surface area (Å²) in [6.07, 6.45) is 0. The maximum Gasteiger partial charge on any atom is 0.313 e. The SMILES string of the molecule is Nc1nnc(SCC(=O)O)n1-c1cc(Br)c(F)cc1F. The number of nitrogens with two attached hydrogens (primary N) is 1. The number of nitrogens with zero attached hydrogens (tertiary/aromatic N) is 3. The fourth-order valence-corrected chi connectivity index (χ4v) is 2.41. The average molecular weight is 365 g/mol. The van der Waals surface area contributed by atoms with Gasteiger partial charge in [-0.25, -0.2) is 8.78 Å². The van der Waals surface area contributed by atoms with Gasteiger partial charge >= 0.3 is 5.97 Å². The standard InChI is InChI=1S/C10H7BrF2N4O2S/c11-4-1-7(6(13)2-5(4)12)17-9(14)15-16-10(17)20-3-8(18)19/h1-2H,3H2,(H2,14,15)(H,18,19). The zero-order valence-electron chi connectivity index (χ0n) is 9.68. The van der Waals surface area contributed by atoms with Gasteiger partial charge in [0.1, 0.15) is 11.6 Å². The molecule has 0 fully saturated rings. The molecule has 10 heteroatoms. The van der Waals surface area contributed by atoms with Gasteiger partial charge in [0.2, 0.25) is 5.95 Å². The van der Waals surface area contributed by atoms with Crippen LogP contribution in [0.4, 0.5) is 14.7 Å². The number of anilines is 1. The molecule has 6 nitrogen and oxygen atoms in total. The van der Waals surface area contributed by atoms with Crippen molar-refractivity contribution in [3.8, 4) is 5.69 Å². The second-order valence-electron chi connectivity index (χ2n) is 3.58. The molecule has 0 atom stereocenters. The van der Waals surface area contributed by atoms with E-state index in [1.54, 1.807) is 0 Å². The summed E-state index contributed by atoms with van der Waals surface area (Å²) >= 11 is 3.76. The van der Waals surface area contributed by atoms with Crippen LogP contribution in [0.25, 0.3) is 5.69 Å². The highest BCUT2D eigenvalue weighted by molar-refractivity contribution is 9.10.